The zero-order chi connectivity index (χ0) is 22.7. The van der Waals surface area contributed by atoms with E-state index in [9.17, 15) is 19.2 Å². The van der Waals surface area contributed by atoms with E-state index in [-0.39, 0.29) is 41.7 Å². The Bertz CT molecular complexity index is 1080. The molecule has 170 valence electrons. The molecule has 2 aromatic heterocycles. The number of pyridine rings is 1. The third-order valence-corrected chi connectivity index (χ3v) is 6.74. The minimum absolute atomic E-state index is 0.115. The van der Waals surface area contributed by atoms with Crippen LogP contribution in [0.25, 0.3) is 0 Å². The monoisotopic (exact) mass is 459 g/mol. The number of nitrogens with one attached hydrogen (secondary N) is 1. The van der Waals surface area contributed by atoms with Crippen molar-refractivity contribution in [1.82, 2.24) is 14.8 Å². The van der Waals surface area contributed by atoms with Crippen molar-refractivity contribution in [3.05, 3.63) is 50.1 Å². The van der Waals surface area contributed by atoms with Crippen LogP contribution in [0.3, 0.4) is 0 Å². The van der Waals surface area contributed by atoms with Crippen LogP contribution >= 0.6 is 11.3 Å². The average Bonchev–Trinajstić information content (AvgIpc) is 3.40. The van der Waals surface area contributed by atoms with Gasteiger partial charge in [-0.15, -0.1) is 11.3 Å². The van der Waals surface area contributed by atoms with Crippen molar-refractivity contribution in [2.75, 3.05) is 33.4 Å². The summed E-state index contributed by atoms with van der Waals surface area (Å²) in [5, 5.41) is 4.66. The molecule has 0 saturated carbocycles. The number of esters is 1. The second kappa shape index (κ2) is 9.56. The van der Waals surface area contributed by atoms with E-state index in [2.05, 4.69) is 5.32 Å². The highest BCUT2D eigenvalue weighted by Gasteiger charge is 2.33. The van der Waals surface area contributed by atoms with Crippen molar-refractivity contribution in [3.8, 4) is 5.75 Å². The fraction of sp³-hybridized carbons (Fsp3) is 0.455. The number of rotatable bonds is 6. The van der Waals surface area contributed by atoms with Crippen molar-refractivity contribution in [2.24, 2.45) is 5.92 Å². The van der Waals surface area contributed by atoms with Crippen LogP contribution < -0.4 is 15.6 Å². The molecule has 2 aromatic rings. The summed E-state index contributed by atoms with van der Waals surface area (Å²) < 4.78 is 12.4. The maximum absolute atomic E-state index is 12.9. The van der Waals surface area contributed by atoms with Crippen molar-refractivity contribution in [1.29, 1.82) is 0 Å². The number of thiophene rings is 1. The summed E-state index contributed by atoms with van der Waals surface area (Å²) in [6.45, 7) is 1.58. The van der Waals surface area contributed by atoms with Crippen LogP contribution in [-0.4, -0.2) is 60.6 Å². The predicted octanol–water partition coefficient (Wildman–Crippen LogP) is 0.839. The summed E-state index contributed by atoms with van der Waals surface area (Å²) in [6.07, 6.45) is 1.15. The summed E-state index contributed by atoms with van der Waals surface area (Å²) in [4.78, 5) is 52.6. The summed E-state index contributed by atoms with van der Waals surface area (Å²) in [5.41, 5.74) is 0.447. The molecule has 1 fully saturated rings. The molecular formula is C22H25N3O6S. The topological polar surface area (TPSA) is 107 Å². The first kappa shape index (κ1) is 22.1. The van der Waals surface area contributed by atoms with E-state index >= 15 is 0 Å². The van der Waals surface area contributed by atoms with Crippen molar-refractivity contribution >= 4 is 29.1 Å². The smallest absolute Gasteiger partial charge is 0.343 e. The lowest BCUT2D eigenvalue weighted by Crippen LogP contribution is -2.39. The first-order valence-corrected chi connectivity index (χ1v) is 11.4. The number of carbonyl (C=O) groups excluding carboxylic acids is 3. The first-order valence-electron chi connectivity index (χ1n) is 10.5. The number of ether oxygens (including phenoxy) is 2. The third-order valence-electron chi connectivity index (χ3n) is 5.81. The van der Waals surface area contributed by atoms with E-state index < -0.39 is 11.9 Å². The van der Waals surface area contributed by atoms with Gasteiger partial charge in [0.15, 0.2) is 0 Å². The van der Waals surface area contributed by atoms with Crippen LogP contribution in [-0.2, 0) is 33.7 Å². The van der Waals surface area contributed by atoms with Crippen molar-refractivity contribution < 1.29 is 23.9 Å². The maximum Gasteiger partial charge on any atom is 0.343 e. The summed E-state index contributed by atoms with van der Waals surface area (Å²) in [5.74, 6) is -1.01. The van der Waals surface area contributed by atoms with Gasteiger partial charge in [-0.3, -0.25) is 14.4 Å². The van der Waals surface area contributed by atoms with E-state index in [0.29, 0.717) is 44.8 Å². The first-order chi connectivity index (χ1) is 15.5. The quantitative estimate of drug-likeness (QED) is 0.642. The number of aromatic nitrogens is 1. The third kappa shape index (κ3) is 4.55. The minimum Gasteiger partial charge on any atom is -0.492 e. The molecule has 1 N–H and O–H groups in total. The second-order valence-corrected chi connectivity index (χ2v) is 8.80. The molecule has 1 unspecified atom stereocenters. The summed E-state index contributed by atoms with van der Waals surface area (Å²) >= 11 is 1.61. The molecule has 0 aromatic carbocycles. The lowest BCUT2D eigenvalue weighted by atomic mass is 10.1. The van der Waals surface area contributed by atoms with E-state index in [0.717, 1.165) is 4.88 Å². The van der Waals surface area contributed by atoms with Crippen LogP contribution in [0, 0.1) is 5.92 Å². The van der Waals surface area contributed by atoms with E-state index in [1.807, 2.05) is 17.5 Å². The largest absolute Gasteiger partial charge is 0.492 e. The molecule has 4 rings (SSSR count). The summed E-state index contributed by atoms with van der Waals surface area (Å²) in [6, 6.07) is 5.28. The van der Waals surface area contributed by atoms with Gasteiger partial charge in [0, 0.05) is 62.1 Å². The SMILES string of the molecule is COC(=O)c1c(OCCc2cccs2)cc(=O)n2c1CCN(C(=O)C1CNC(=O)C1)CC2. The minimum atomic E-state index is -0.578. The highest BCUT2D eigenvalue weighted by atomic mass is 32.1. The van der Waals surface area contributed by atoms with Gasteiger partial charge < -0.3 is 24.3 Å². The number of hydrogen-bond acceptors (Lipinski definition) is 7. The number of nitrogens with zero attached hydrogens (tertiary/aromatic N) is 2. The van der Waals surface area contributed by atoms with Gasteiger partial charge in [0.2, 0.25) is 11.8 Å². The molecule has 2 aliphatic rings. The number of carbonyl (C=O) groups is 3. The Kier molecular flexibility index (Phi) is 6.59. The van der Waals surface area contributed by atoms with E-state index in [1.165, 1.54) is 17.7 Å². The molecule has 1 atom stereocenters. The molecular weight excluding hydrogens is 434 g/mol. The molecule has 1 saturated heterocycles. The number of hydrogen-bond donors (Lipinski definition) is 1. The second-order valence-electron chi connectivity index (χ2n) is 7.77. The van der Waals surface area contributed by atoms with Crippen LogP contribution in [0.4, 0.5) is 0 Å². The van der Waals surface area contributed by atoms with Crippen LogP contribution in [0.5, 0.6) is 5.75 Å². The van der Waals surface area contributed by atoms with Crippen molar-refractivity contribution in [2.45, 2.75) is 25.8 Å². The molecule has 0 bridgehead atoms. The molecule has 0 radical (unpaired) electrons. The van der Waals surface area contributed by atoms with Gasteiger partial charge in [-0.2, -0.15) is 0 Å². The molecule has 2 amide bonds. The molecule has 32 heavy (non-hydrogen) atoms. The molecule has 2 aliphatic heterocycles. The zero-order valence-corrected chi connectivity index (χ0v) is 18.6. The van der Waals surface area contributed by atoms with Crippen LogP contribution in [0.15, 0.2) is 28.4 Å². The van der Waals surface area contributed by atoms with Crippen molar-refractivity contribution in [3.63, 3.8) is 0 Å². The Balaban J connectivity index is 1.57. The molecule has 10 heteroatoms. The predicted molar refractivity (Wildman–Crippen MR) is 117 cm³/mol. The lowest BCUT2D eigenvalue weighted by Gasteiger charge is -2.22. The van der Waals surface area contributed by atoms with Gasteiger partial charge in [-0.1, -0.05) is 6.07 Å². The van der Waals surface area contributed by atoms with E-state index in [4.69, 9.17) is 9.47 Å². The Morgan fingerprint density at radius 3 is 2.78 bits per heavy atom. The molecule has 4 heterocycles. The molecule has 9 nitrogen and oxygen atoms in total. The average molecular weight is 460 g/mol. The van der Waals surface area contributed by atoms with Crippen LogP contribution in [0.2, 0.25) is 0 Å². The molecule has 0 spiro atoms. The highest BCUT2D eigenvalue weighted by molar-refractivity contribution is 7.09. The Hall–Kier alpha value is -3.14. The van der Waals surface area contributed by atoms with Gasteiger partial charge in [-0.25, -0.2) is 4.79 Å². The number of fused-ring (bicyclic) bond motifs is 1. The highest BCUT2D eigenvalue weighted by Crippen LogP contribution is 2.25. The molecule has 0 aliphatic carbocycles. The Morgan fingerprint density at radius 1 is 1.25 bits per heavy atom. The summed E-state index contributed by atoms with van der Waals surface area (Å²) in [7, 11) is 1.29. The fourth-order valence-electron chi connectivity index (χ4n) is 4.16. The van der Waals surface area contributed by atoms with Gasteiger partial charge in [0.25, 0.3) is 5.56 Å². The zero-order valence-electron chi connectivity index (χ0n) is 17.8. The maximum atomic E-state index is 12.9. The standard InChI is InChI=1S/C22H25N3O6S/c1-30-22(29)20-16-4-6-24(21(28)14-11-18(26)23-13-14)7-8-25(16)19(27)12-17(20)31-9-5-15-3-2-10-32-15/h2-3,10,12,14H,4-9,11,13H2,1H3,(H,23,26). The van der Waals surface area contributed by atoms with Gasteiger partial charge in [0.1, 0.15) is 11.3 Å². The lowest BCUT2D eigenvalue weighted by molar-refractivity contribution is -0.135. The number of methoxy groups -OCH3 is 1. The fourth-order valence-corrected chi connectivity index (χ4v) is 4.85. The number of amides is 2. The Morgan fingerprint density at radius 2 is 2.09 bits per heavy atom. The Labute approximate surface area is 188 Å². The normalized spacial score (nSPS) is 18.0. The van der Waals surface area contributed by atoms with Gasteiger partial charge in [0.05, 0.1) is 19.6 Å². The van der Waals surface area contributed by atoms with Gasteiger partial charge in [-0.05, 0) is 11.4 Å². The van der Waals surface area contributed by atoms with Gasteiger partial charge >= 0.3 is 5.97 Å². The van der Waals surface area contributed by atoms with E-state index in [1.54, 1.807) is 16.2 Å². The van der Waals surface area contributed by atoms with Crippen LogP contribution in [0.1, 0.15) is 27.3 Å².